The summed E-state index contributed by atoms with van der Waals surface area (Å²) >= 11 is 0. The van der Waals surface area contributed by atoms with Crippen molar-refractivity contribution in [3.63, 3.8) is 0 Å². The van der Waals surface area contributed by atoms with Gasteiger partial charge in [-0.2, -0.15) is 5.26 Å². The third kappa shape index (κ3) is 2.72. The fourth-order valence-corrected chi connectivity index (χ4v) is 1.75. The van der Waals surface area contributed by atoms with E-state index < -0.39 is 5.82 Å². The van der Waals surface area contributed by atoms with Gasteiger partial charge in [-0.05, 0) is 25.1 Å². The Morgan fingerprint density at radius 1 is 1.26 bits per heavy atom. The highest BCUT2D eigenvalue weighted by molar-refractivity contribution is 5.47. The zero-order valence-corrected chi connectivity index (χ0v) is 10.4. The molecular weight excluding hydrogens is 245 g/mol. The van der Waals surface area contributed by atoms with Crippen molar-refractivity contribution in [2.24, 2.45) is 0 Å². The van der Waals surface area contributed by atoms with Gasteiger partial charge in [-0.25, -0.2) is 4.39 Å². The van der Waals surface area contributed by atoms with Gasteiger partial charge in [0, 0.05) is 5.56 Å². The number of aryl methyl sites for hydroxylation is 1. The van der Waals surface area contributed by atoms with Crippen molar-refractivity contribution in [2.45, 2.75) is 13.5 Å². The van der Waals surface area contributed by atoms with Gasteiger partial charge in [-0.3, -0.25) is 0 Å². The van der Waals surface area contributed by atoms with E-state index in [1.165, 1.54) is 18.2 Å². The highest BCUT2D eigenvalue weighted by atomic mass is 19.1. The summed E-state index contributed by atoms with van der Waals surface area (Å²) in [6.07, 6.45) is 0. The first-order chi connectivity index (χ1) is 9.15. The van der Waals surface area contributed by atoms with E-state index in [2.05, 4.69) is 0 Å². The molecule has 3 nitrogen and oxygen atoms in total. The van der Waals surface area contributed by atoms with Gasteiger partial charge in [-0.1, -0.05) is 23.8 Å². The van der Waals surface area contributed by atoms with E-state index in [0.29, 0.717) is 11.3 Å². The number of nitrogens with zero attached hydrogens (tertiary/aromatic N) is 1. The maximum Gasteiger partial charge on any atom is 0.148 e. The van der Waals surface area contributed by atoms with Crippen LogP contribution in [0, 0.1) is 24.1 Å². The first kappa shape index (κ1) is 13.1. The van der Waals surface area contributed by atoms with Crippen LogP contribution >= 0.6 is 0 Å². The monoisotopic (exact) mass is 257 g/mol. The number of hydrogen-bond acceptors (Lipinski definition) is 3. The van der Waals surface area contributed by atoms with Gasteiger partial charge in [0.05, 0.1) is 6.61 Å². The predicted octanol–water partition coefficient (Wildman–Crippen LogP) is 3.29. The molecule has 0 aromatic heterocycles. The lowest BCUT2D eigenvalue weighted by atomic mass is 10.1. The first-order valence-electron chi connectivity index (χ1n) is 5.72. The Labute approximate surface area is 110 Å². The van der Waals surface area contributed by atoms with Crippen molar-refractivity contribution >= 4 is 0 Å². The van der Waals surface area contributed by atoms with Crippen molar-refractivity contribution in [1.82, 2.24) is 0 Å². The van der Waals surface area contributed by atoms with Crippen LogP contribution in [-0.4, -0.2) is 5.11 Å². The average molecular weight is 257 g/mol. The highest BCUT2D eigenvalue weighted by Crippen LogP contribution is 2.29. The van der Waals surface area contributed by atoms with Crippen LogP contribution in [0.5, 0.6) is 11.5 Å². The molecule has 0 amide bonds. The summed E-state index contributed by atoms with van der Waals surface area (Å²) < 4.78 is 19.0. The summed E-state index contributed by atoms with van der Waals surface area (Å²) in [5, 5.41) is 18.2. The lowest BCUT2D eigenvalue weighted by Crippen LogP contribution is -1.95. The molecule has 0 unspecified atom stereocenters. The molecule has 0 spiro atoms. The molecule has 0 heterocycles. The summed E-state index contributed by atoms with van der Waals surface area (Å²) in [6.45, 7) is 1.71. The van der Waals surface area contributed by atoms with E-state index in [1.807, 2.05) is 13.0 Å². The van der Waals surface area contributed by atoms with Gasteiger partial charge >= 0.3 is 0 Å². The van der Waals surface area contributed by atoms with Crippen molar-refractivity contribution in [2.75, 3.05) is 0 Å². The number of hydrogen-bond donors (Lipinski definition) is 1. The fraction of sp³-hybridized carbons (Fsp3) is 0.133. The molecule has 4 heteroatoms. The van der Waals surface area contributed by atoms with E-state index in [4.69, 9.17) is 10.00 Å². The second-order valence-electron chi connectivity index (χ2n) is 4.10. The number of ether oxygens (including phenoxy) is 1. The minimum atomic E-state index is -0.627. The van der Waals surface area contributed by atoms with Gasteiger partial charge in [0.1, 0.15) is 28.9 Å². The lowest BCUT2D eigenvalue weighted by Gasteiger charge is -2.11. The van der Waals surface area contributed by atoms with Crippen molar-refractivity contribution in [3.05, 3.63) is 58.9 Å². The molecule has 0 aliphatic carbocycles. The number of nitriles is 1. The molecule has 0 atom stereocenters. The molecule has 2 aromatic carbocycles. The zero-order chi connectivity index (χ0) is 13.8. The van der Waals surface area contributed by atoms with Crippen LogP contribution in [0.25, 0.3) is 0 Å². The van der Waals surface area contributed by atoms with Crippen molar-refractivity contribution in [1.29, 1.82) is 5.26 Å². The number of benzene rings is 2. The molecule has 2 rings (SSSR count). The van der Waals surface area contributed by atoms with Crippen LogP contribution < -0.4 is 4.74 Å². The molecule has 0 bridgehead atoms. The number of halogens is 1. The van der Waals surface area contributed by atoms with Gasteiger partial charge in [-0.15, -0.1) is 0 Å². The highest BCUT2D eigenvalue weighted by Gasteiger charge is 2.11. The van der Waals surface area contributed by atoms with Gasteiger partial charge < -0.3 is 9.84 Å². The normalized spacial score (nSPS) is 10.0. The van der Waals surface area contributed by atoms with Gasteiger partial charge in [0.15, 0.2) is 0 Å². The Hall–Kier alpha value is -2.38. The SMILES string of the molecule is Cc1ccc(Oc2cccc(F)c2C#N)c(CO)c1. The van der Waals surface area contributed by atoms with Crippen LogP contribution in [0.4, 0.5) is 4.39 Å². The van der Waals surface area contributed by atoms with E-state index in [0.717, 1.165) is 5.56 Å². The van der Waals surface area contributed by atoms with Crippen LogP contribution in [0.15, 0.2) is 36.4 Å². The predicted molar refractivity (Wildman–Crippen MR) is 68.3 cm³/mol. The largest absolute Gasteiger partial charge is 0.455 e. The smallest absolute Gasteiger partial charge is 0.148 e. The van der Waals surface area contributed by atoms with Crippen LogP contribution in [0.1, 0.15) is 16.7 Å². The molecule has 0 radical (unpaired) electrons. The van der Waals surface area contributed by atoms with Crippen LogP contribution in [-0.2, 0) is 6.61 Å². The Morgan fingerprint density at radius 2 is 2.05 bits per heavy atom. The molecular formula is C15H12FNO2. The Kier molecular flexibility index (Phi) is 3.79. The van der Waals surface area contributed by atoms with Crippen LogP contribution in [0.3, 0.4) is 0 Å². The molecule has 0 saturated heterocycles. The number of aliphatic hydroxyl groups is 1. The Balaban J connectivity index is 2.42. The minimum Gasteiger partial charge on any atom is -0.455 e. The summed E-state index contributed by atoms with van der Waals surface area (Å²) in [5.41, 5.74) is 1.43. The second kappa shape index (κ2) is 5.51. The van der Waals surface area contributed by atoms with Crippen molar-refractivity contribution in [3.8, 4) is 17.6 Å². The van der Waals surface area contributed by atoms with Gasteiger partial charge in [0.2, 0.25) is 0 Å². The fourth-order valence-electron chi connectivity index (χ4n) is 1.75. The standard InChI is InChI=1S/C15H12FNO2/c1-10-5-6-14(11(7-10)9-18)19-15-4-2-3-13(16)12(15)8-17/h2-7,18H,9H2,1H3. The van der Waals surface area contributed by atoms with E-state index in [1.54, 1.807) is 18.2 Å². The molecule has 1 N–H and O–H groups in total. The molecule has 2 aromatic rings. The Bertz CT molecular complexity index is 647. The molecule has 96 valence electrons. The lowest BCUT2D eigenvalue weighted by molar-refractivity contribution is 0.276. The topological polar surface area (TPSA) is 53.2 Å². The van der Waals surface area contributed by atoms with E-state index in [9.17, 15) is 9.50 Å². The first-order valence-corrected chi connectivity index (χ1v) is 5.72. The van der Waals surface area contributed by atoms with E-state index in [-0.39, 0.29) is 17.9 Å². The third-order valence-electron chi connectivity index (χ3n) is 2.69. The minimum absolute atomic E-state index is 0.140. The molecule has 0 saturated carbocycles. The molecule has 0 fully saturated rings. The summed E-state index contributed by atoms with van der Waals surface area (Å²) in [4.78, 5) is 0. The summed E-state index contributed by atoms with van der Waals surface area (Å²) in [7, 11) is 0. The van der Waals surface area contributed by atoms with E-state index >= 15 is 0 Å². The maximum absolute atomic E-state index is 13.4. The molecule has 19 heavy (non-hydrogen) atoms. The maximum atomic E-state index is 13.4. The molecule has 0 aliphatic heterocycles. The average Bonchev–Trinajstić information content (AvgIpc) is 2.41. The van der Waals surface area contributed by atoms with Gasteiger partial charge in [0.25, 0.3) is 0 Å². The quantitative estimate of drug-likeness (QED) is 0.917. The summed E-state index contributed by atoms with van der Waals surface area (Å²) in [6, 6.07) is 11.2. The molecule has 0 aliphatic rings. The summed E-state index contributed by atoms with van der Waals surface area (Å²) in [5.74, 6) is -0.0751. The second-order valence-corrected chi connectivity index (χ2v) is 4.10. The zero-order valence-electron chi connectivity index (χ0n) is 10.4. The number of rotatable bonds is 3. The van der Waals surface area contributed by atoms with Crippen LogP contribution in [0.2, 0.25) is 0 Å². The number of aliphatic hydroxyl groups excluding tert-OH is 1. The van der Waals surface area contributed by atoms with Crippen molar-refractivity contribution < 1.29 is 14.2 Å². The Morgan fingerprint density at radius 3 is 2.74 bits per heavy atom. The third-order valence-corrected chi connectivity index (χ3v) is 2.69.